The van der Waals surface area contributed by atoms with Crippen LogP contribution in [-0.4, -0.2) is 75.7 Å². The van der Waals surface area contributed by atoms with E-state index < -0.39 is 94.4 Å². The van der Waals surface area contributed by atoms with Gasteiger partial charge in [0.2, 0.25) is 5.43 Å². The SMILES string of the molecule is CC(OC(=O)Nc1nc(-n2cc(C(=O)O)c(=O)c3cc(F)c(N4CC(O)C4)c(Cl)c32)c(F)cc1F)(P(=O)(O)O)P(=O)(O)O. The maximum absolute atomic E-state index is 15.1. The molecule has 0 radical (unpaired) electrons. The van der Waals surface area contributed by atoms with Crippen LogP contribution in [0.2, 0.25) is 5.02 Å². The number of aliphatic hydroxyl groups excluding tert-OH is 1. The number of aliphatic hydroxyl groups is 1. The number of fused-ring (bicyclic) bond motifs is 1. The predicted molar refractivity (Wildman–Crippen MR) is 140 cm³/mol. The van der Waals surface area contributed by atoms with Crippen molar-refractivity contribution in [1.82, 2.24) is 9.55 Å². The summed E-state index contributed by atoms with van der Waals surface area (Å²) >= 11 is 6.39. The van der Waals surface area contributed by atoms with E-state index in [-0.39, 0.29) is 31.8 Å². The summed E-state index contributed by atoms with van der Waals surface area (Å²) in [6, 6.07) is 0.701. The number of ether oxygens (including phenoxy) is 1. The van der Waals surface area contributed by atoms with Crippen LogP contribution in [0.5, 0.6) is 0 Å². The molecule has 1 saturated heterocycles. The molecular weight excluding hydrogens is 655 g/mol. The molecule has 16 nitrogen and oxygen atoms in total. The van der Waals surface area contributed by atoms with Crippen molar-refractivity contribution in [2.75, 3.05) is 23.3 Å². The third-order valence-electron chi connectivity index (χ3n) is 6.29. The fourth-order valence-electron chi connectivity index (χ4n) is 3.95. The molecule has 1 aliphatic rings. The van der Waals surface area contributed by atoms with Gasteiger partial charge in [-0.25, -0.2) is 27.7 Å². The molecule has 43 heavy (non-hydrogen) atoms. The second kappa shape index (κ2) is 10.9. The van der Waals surface area contributed by atoms with Crippen molar-refractivity contribution in [2.24, 2.45) is 0 Å². The maximum Gasteiger partial charge on any atom is 0.414 e. The Balaban J connectivity index is 1.92. The van der Waals surface area contributed by atoms with Crippen LogP contribution in [0.1, 0.15) is 17.3 Å². The summed E-state index contributed by atoms with van der Waals surface area (Å²) < 4.78 is 73.0. The normalized spacial score (nSPS) is 14.5. The fraction of sp³-hybridized carbons (Fsp3) is 0.238. The van der Waals surface area contributed by atoms with Gasteiger partial charge in [-0.3, -0.25) is 23.8 Å². The lowest BCUT2D eigenvalue weighted by Crippen LogP contribution is -2.51. The van der Waals surface area contributed by atoms with Crippen LogP contribution < -0.4 is 15.6 Å². The standard InChI is InChI=1S/C21H18ClF3N4O12P2/c1-21(42(35,36)37,43(38,39)40)41-20(34)27-17-11(24)3-12(25)18(26-17)29-6-9(19(32)33)16(31)8-2-10(23)15(13(22)14(8)29)28-4-7(30)5-28/h2-3,6-7,30H,4-5H2,1H3,(H,32,33)(H,26,27,34)(H2,35,36,37)(H2,38,39,40). The first kappa shape index (κ1) is 32.4. The molecule has 0 saturated carbocycles. The number of hydrogen-bond acceptors (Lipinski definition) is 9. The van der Waals surface area contributed by atoms with Gasteiger partial charge in [0, 0.05) is 25.4 Å². The molecule has 3 aromatic rings. The summed E-state index contributed by atoms with van der Waals surface area (Å²) in [6.45, 7) is 0.00585. The van der Waals surface area contributed by atoms with Crippen molar-refractivity contribution in [3.8, 4) is 5.82 Å². The van der Waals surface area contributed by atoms with Crippen LogP contribution in [0.3, 0.4) is 0 Å². The van der Waals surface area contributed by atoms with Gasteiger partial charge >= 0.3 is 32.3 Å². The van der Waals surface area contributed by atoms with Gasteiger partial charge in [-0.05, 0) is 13.0 Å². The van der Waals surface area contributed by atoms with E-state index in [9.17, 15) is 57.7 Å². The number of rotatable bonds is 7. The Morgan fingerprint density at radius 1 is 1.09 bits per heavy atom. The molecule has 0 spiro atoms. The number of amides is 1. The lowest BCUT2D eigenvalue weighted by atomic mass is 10.1. The topological polar surface area (TPSA) is 249 Å². The molecule has 0 aliphatic carbocycles. The molecule has 1 amide bonds. The Morgan fingerprint density at radius 3 is 2.19 bits per heavy atom. The molecule has 0 bridgehead atoms. The number of nitrogens with zero attached hydrogens (tertiary/aromatic N) is 3. The lowest BCUT2D eigenvalue weighted by molar-refractivity contribution is 0.0694. The zero-order chi connectivity index (χ0) is 32.4. The number of hydrogen-bond donors (Lipinski definition) is 7. The van der Waals surface area contributed by atoms with E-state index in [0.29, 0.717) is 16.8 Å². The summed E-state index contributed by atoms with van der Waals surface area (Å²) in [4.78, 5) is 79.2. The number of halogens is 4. The summed E-state index contributed by atoms with van der Waals surface area (Å²) in [6.07, 6.45) is -2.41. The van der Waals surface area contributed by atoms with E-state index >= 15 is 8.78 Å². The molecule has 7 N–H and O–H groups in total. The highest BCUT2D eigenvalue weighted by Gasteiger charge is 2.60. The molecule has 2 aromatic heterocycles. The number of carbonyl (C=O) groups is 2. The minimum Gasteiger partial charge on any atom is -0.477 e. The minimum atomic E-state index is -5.89. The highest BCUT2D eigenvalue weighted by Crippen LogP contribution is 2.69. The van der Waals surface area contributed by atoms with Crippen molar-refractivity contribution < 1.29 is 66.4 Å². The molecule has 3 heterocycles. The average Bonchev–Trinajstić information content (AvgIpc) is 2.83. The van der Waals surface area contributed by atoms with Crippen molar-refractivity contribution >= 4 is 61.3 Å². The van der Waals surface area contributed by atoms with E-state index in [1.165, 1.54) is 10.2 Å². The van der Waals surface area contributed by atoms with Gasteiger partial charge in [-0.1, -0.05) is 11.6 Å². The van der Waals surface area contributed by atoms with Gasteiger partial charge in [0.05, 0.1) is 27.7 Å². The van der Waals surface area contributed by atoms with Crippen LogP contribution >= 0.6 is 26.8 Å². The van der Waals surface area contributed by atoms with Crippen molar-refractivity contribution in [2.45, 2.75) is 18.1 Å². The molecule has 0 atom stereocenters. The quantitative estimate of drug-likeness (QED) is 0.177. The minimum absolute atomic E-state index is 0.0949. The number of carboxylic acid groups (broad SMARTS) is 1. The van der Waals surface area contributed by atoms with Crippen LogP contribution in [0.15, 0.2) is 23.1 Å². The molecule has 1 fully saturated rings. The first-order valence-corrected chi connectivity index (χ1v) is 15.0. The van der Waals surface area contributed by atoms with E-state index in [1.54, 1.807) is 0 Å². The second-order valence-corrected chi connectivity index (χ2v) is 13.8. The number of pyridine rings is 2. The average molecular weight is 673 g/mol. The Hall–Kier alpha value is -3.54. The number of β-amino-alcohol motifs (C(OH)–C–C–N with tert-alkyl or cyclic N) is 1. The number of carboxylic acids is 1. The summed E-state index contributed by atoms with van der Waals surface area (Å²) in [5, 5.41) is 15.6. The molecule has 1 aromatic carbocycles. The van der Waals surface area contributed by atoms with Crippen LogP contribution in [0.4, 0.5) is 29.5 Å². The first-order valence-electron chi connectivity index (χ1n) is 11.4. The molecular formula is C21H18ClF3N4O12P2. The monoisotopic (exact) mass is 672 g/mol. The summed E-state index contributed by atoms with van der Waals surface area (Å²) in [5.74, 6) is -8.51. The smallest absolute Gasteiger partial charge is 0.414 e. The fourth-order valence-corrected chi connectivity index (χ4v) is 6.12. The van der Waals surface area contributed by atoms with Gasteiger partial charge in [-0.15, -0.1) is 0 Å². The van der Waals surface area contributed by atoms with Crippen LogP contribution in [0.25, 0.3) is 16.7 Å². The summed E-state index contributed by atoms with van der Waals surface area (Å²) in [5.41, 5.74) is -3.20. The zero-order valence-electron chi connectivity index (χ0n) is 21.1. The number of carbonyl (C=O) groups excluding carboxylic acids is 1. The molecule has 232 valence electrons. The van der Waals surface area contributed by atoms with Crippen molar-refractivity contribution in [3.63, 3.8) is 0 Å². The zero-order valence-corrected chi connectivity index (χ0v) is 23.6. The number of aromatic nitrogens is 2. The van der Waals surface area contributed by atoms with Crippen molar-refractivity contribution in [1.29, 1.82) is 0 Å². The molecule has 0 unspecified atom stereocenters. The highest BCUT2D eigenvalue weighted by molar-refractivity contribution is 7.72. The Bertz CT molecular complexity index is 1840. The molecule has 22 heteroatoms. The summed E-state index contributed by atoms with van der Waals surface area (Å²) in [7, 11) is -11.8. The van der Waals surface area contributed by atoms with Gasteiger partial charge in [0.15, 0.2) is 23.3 Å². The van der Waals surface area contributed by atoms with E-state index in [2.05, 4.69) is 9.72 Å². The lowest BCUT2D eigenvalue weighted by Gasteiger charge is -2.38. The van der Waals surface area contributed by atoms with E-state index in [1.807, 2.05) is 0 Å². The first-order chi connectivity index (χ1) is 19.7. The molecule has 1 aliphatic heterocycles. The van der Waals surface area contributed by atoms with Crippen LogP contribution in [-0.2, 0) is 13.9 Å². The number of anilines is 2. The van der Waals surface area contributed by atoms with Gasteiger partial charge in [0.1, 0.15) is 11.4 Å². The molecule has 4 rings (SSSR count). The number of benzene rings is 1. The van der Waals surface area contributed by atoms with Gasteiger partial charge in [-0.2, -0.15) is 0 Å². The van der Waals surface area contributed by atoms with Gasteiger partial charge < -0.3 is 39.4 Å². The Kier molecular flexibility index (Phi) is 8.18. The number of nitrogens with one attached hydrogen (secondary N) is 1. The Labute approximate surface area is 241 Å². The number of aromatic carboxylic acids is 1. The third-order valence-corrected chi connectivity index (χ3v) is 10.6. The maximum atomic E-state index is 15.1. The second-order valence-electron chi connectivity index (χ2n) is 9.18. The predicted octanol–water partition coefficient (Wildman–Crippen LogP) is 1.91. The van der Waals surface area contributed by atoms with Crippen molar-refractivity contribution in [3.05, 3.63) is 56.6 Å². The largest absolute Gasteiger partial charge is 0.477 e. The Morgan fingerprint density at radius 2 is 1.67 bits per heavy atom. The van der Waals surface area contributed by atoms with E-state index in [4.69, 9.17) is 11.6 Å². The van der Waals surface area contributed by atoms with Crippen LogP contribution in [0, 0.1) is 17.5 Å². The van der Waals surface area contributed by atoms with Gasteiger partial charge in [0.25, 0.3) is 0 Å². The van der Waals surface area contributed by atoms with E-state index in [0.717, 1.165) is 0 Å². The highest BCUT2D eigenvalue weighted by atomic mass is 35.5. The third kappa shape index (κ3) is 5.61.